The molecule has 39 heavy (non-hydrogen) atoms. The molecule has 0 aliphatic heterocycles. The van der Waals surface area contributed by atoms with Crippen LogP contribution in [0.2, 0.25) is 0 Å². The van der Waals surface area contributed by atoms with Gasteiger partial charge in [-0.1, -0.05) is 57.9 Å². The summed E-state index contributed by atoms with van der Waals surface area (Å²) in [5.74, 6) is 0.505. The summed E-state index contributed by atoms with van der Waals surface area (Å²) in [6.07, 6.45) is 6.08. The zero-order valence-corrected chi connectivity index (χ0v) is 23.5. The molecule has 9 heteroatoms. The average molecular weight is 530 g/mol. The highest BCUT2D eigenvalue weighted by atomic mass is 16.2. The van der Waals surface area contributed by atoms with Crippen molar-refractivity contribution in [1.29, 1.82) is 0 Å². The highest BCUT2D eigenvalue weighted by molar-refractivity contribution is 6.06. The van der Waals surface area contributed by atoms with E-state index in [2.05, 4.69) is 51.7 Å². The lowest BCUT2D eigenvalue weighted by Crippen LogP contribution is -2.43. The van der Waals surface area contributed by atoms with Crippen LogP contribution in [0.25, 0.3) is 10.9 Å². The number of hydrogen-bond acceptors (Lipinski definition) is 5. The van der Waals surface area contributed by atoms with Gasteiger partial charge in [0.1, 0.15) is 0 Å². The van der Waals surface area contributed by atoms with E-state index in [1.165, 1.54) is 0 Å². The lowest BCUT2D eigenvalue weighted by atomic mass is 9.71. The predicted molar refractivity (Wildman–Crippen MR) is 153 cm³/mol. The third-order valence-electron chi connectivity index (χ3n) is 7.59. The Morgan fingerprint density at radius 3 is 2.36 bits per heavy atom. The van der Waals surface area contributed by atoms with Crippen molar-refractivity contribution < 1.29 is 9.59 Å². The molecule has 3 N–H and O–H groups in total. The fourth-order valence-corrected chi connectivity index (χ4v) is 5.39. The predicted octanol–water partition coefficient (Wildman–Crippen LogP) is 6.21. The number of carbonyl (C=O) groups excluding carboxylic acids is 2. The summed E-state index contributed by atoms with van der Waals surface area (Å²) in [5.41, 5.74) is 3.40. The maximum atomic E-state index is 14.0. The molecule has 0 saturated heterocycles. The fraction of sp³-hybridized carbons (Fsp3) is 0.433. The number of aromatic amines is 2. The van der Waals surface area contributed by atoms with E-state index in [0.29, 0.717) is 23.6 Å². The largest absolute Gasteiger partial charge is 0.361 e. The summed E-state index contributed by atoms with van der Waals surface area (Å²) in [7, 11) is 0. The summed E-state index contributed by atoms with van der Waals surface area (Å²) in [6, 6.07) is 15.3. The second kappa shape index (κ2) is 12.2. The molecule has 0 spiro atoms. The van der Waals surface area contributed by atoms with Crippen LogP contribution >= 0.6 is 0 Å². The van der Waals surface area contributed by atoms with Crippen LogP contribution in [0.4, 0.5) is 5.95 Å². The van der Waals surface area contributed by atoms with Crippen molar-refractivity contribution in [1.82, 2.24) is 30.5 Å². The fourth-order valence-electron chi connectivity index (χ4n) is 5.39. The van der Waals surface area contributed by atoms with E-state index in [4.69, 9.17) is 0 Å². The summed E-state index contributed by atoms with van der Waals surface area (Å²) in [4.78, 5) is 31.8. The van der Waals surface area contributed by atoms with Gasteiger partial charge < -0.3 is 9.88 Å². The van der Waals surface area contributed by atoms with E-state index < -0.39 is 0 Å². The molecule has 0 unspecified atom stereocenters. The molecule has 9 nitrogen and oxygen atoms in total. The SMILES string of the molecule is CC.CC(C)(C)C1CCC(N(Cc2ccc(C(=O)Nc3nn[nH]n3)cc2)C(=O)c2cccc3[nH]ccc23)CC1. The van der Waals surface area contributed by atoms with Crippen LogP contribution in [0.15, 0.2) is 54.7 Å². The number of carbonyl (C=O) groups is 2. The number of amides is 2. The number of rotatable bonds is 6. The zero-order chi connectivity index (χ0) is 28.0. The highest BCUT2D eigenvalue weighted by Crippen LogP contribution is 2.39. The van der Waals surface area contributed by atoms with Crippen LogP contribution in [0, 0.1) is 11.3 Å². The first kappa shape index (κ1) is 28.0. The standard InChI is InChI=1S/C28H33N7O2.C2H6/c1-28(2,3)20-11-13-21(14-12-20)35(26(37)23-5-4-6-24-22(23)15-16-29-24)17-18-7-9-19(10-8-18)25(36)30-27-31-33-34-32-27;1-2/h4-10,15-16,20-21,29H,11-14,17H2,1-3H3,(H2,30,31,32,33,34,36);1-2H3. The number of nitrogens with one attached hydrogen (secondary N) is 3. The zero-order valence-electron chi connectivity index (χ0n) is 23.5. The van der Waals surface area contributed by atoms with Crippen molar-refractivity contribution in [3.63, 3.8) is 0 Å². The Balaban J connectivity index is 0.00000172. The van der Waals surface area contributed by atoms with Gasteiger partial charge in [-0.05, 0) is 78.1 Å². The summed E-state index contributed by atoms with van der Waals surface area (Å²) < 4.78 is 0. The Hall–Kier alpha value is -4.01. The van der Waals surface area contributed by atoms with Crippen LogP contribution < -0.4 is 5.32 Å². The molecule has 2 aromatic heterocycles. The highest BCUT2D eigenvalue weighted by Gasteiger charge is 2.34. The summed E-state index contributed by atoms with van der Waals surface area (Å²) in [6.45, 7) is 11.4. The topological polar surface area (TPSA) is 120 Å². The molecule has 206 valence electrons. The van der Waals surface area contributed by atoms with E-state index in [-0.39, 0.29) is 29.2 Å². The number of tetrazole rings is 1. The van der Waals surface area contributed by atoms with Crippen molar-refractivity contribution in [2.75, 3.05) is 5.32 Å². The Bertz CT molecular complexity index is 1360. The van der Waals surface area contributed by atoms with Crippen LogP contribution in [-0.2, 0) is 6.54 Å². The molecule has 1 saturated carbocycles. The lowest BCUT2D eigenvalue weighted by Gasteiger charge is -2.41. The quantitative estimate of drug-likeness (QED) is 0.274. The summed E-state index contributed by atoms with van der Waals surface area (Å²) >= 11 is 0. The van der Waals surface area contributed by atoms with Gasteiger partial charge in [-0.25, -0.2) is 0 Å². The van der Waals surface area contributed by atoms with E-state index in [1.54, 1.807) is 12.1 Å². The van der Waals surface area contributed by atoms with Crippen molar-refractivity contribution in [2.24, 2.45) is 11.3 Å². The van der Waals surface area contributed by atoms with Gasteiger partial charge in [0.05, 0.1) is 0 Å². The lowest BCUT2D eigenvalue weighted by molar-refractivity contribution is 0.0532. The first-order valence-corrected chi connectivity index (χ1v) is 13.8. The van der Waals surface area contributed by atoms with Gasteiger partial charge in [-0.15, -0.1) is 5.10 Å². The number of H-pyrrole nitrogens is 2. The Kier molecular flexibility index (Phi) is 8.79. The maximum absolute atomic E-state index is 14.0. The molecule has 0 bridgehead atoms. The molecular formula is C30H39N7O2. The third-order valence-corrected chi connectivity index (χ3v) is 7.59. The molecule has 2 heterocycles. The van der Waals surface area contributed by atoms with Gasteiger partial charge in [-0.2, -0.15) is 5.21 Å². The van der Waals surface area contributed by atoms with E-state index in [9.17, 15) is 9.59 Å². The first-order valence-electron chi connectivity index (χ1n) is 13.8. The molecule has 1 aliphatic rings. The summed E-state index contributed by atoms with van der Waals surface area (Å²) in [5, 5.41) is 16.8. The Morgan fingerprint density at radius 1 is 1.00 bits per heavy atom. The minimum Gasteiger partial charge on any atom is -0.361 e. The van der Waals surface area contributed by atoms with Gasteiger partial charge in [0.15, 0.2) is 0 Å². The minimum absolute atomic E-state index is 0.0448. The second-order valence-corrected chi connectivity index (χ2v) is 10.9. The average Bonchev–Trinajstić information content (AvgIpc) is 3.64. The van der Waals surface area contributed by atoms with Crippen molar-refractivity contribution in [3.05, 3.63) is 71.4 Å². The molecule has 5 rings (SSSR count). The smallest absolute Gasteiger partial charge is 0.270 e. The van der Waals surface area contributed by atoms with Gasteiger partial charge in [-0.3, -0.25) is 14.9 Å². The van der Waals surface area contributed by atoms with Gasteiger partial charge in [0.25, 0.3) is 17.8 Å². The molecule has 0 atom stereocenters. The molecule has 1 fully saturated rings. The van der Waals surface area contributed by atoms with E-state index in [0.717, 1.165) is 42.1 Å². The monoisotopic (exact) mass is 529 g/mol. The van der Waals surface area contributed by atoms with Crippen molar-refractivity contribution >= 4 is 28.7 Å². The second-order valence-electron chi connectivity index (χ2n) is 10.9. The van der Waals surface area contributed by atoms with Crippen LogP contribution in [0.5, 0.6) is 0 Å². The van der Waals surface area contributed by atoms with Crippen LogP contribution in [-0.4, -0.2) is 48.4 Å². The number of nitrogens with zero attached hydrogens (tertiary/aromatic N) is 4. The van der Waals surface area contributed by atoms with Gasteiger partial charge >= 0.3 is 0 Å². The molecular weight excluding hydrogens is 490 g/mol. The van der Waals surface area contributed by atoms with Gasteiger partial charge in [0, 0.05) is 40.8 Å². The first-order chi connectivity index (χ1) is 18.8. The number of hydrogen-bond donors (Lipinski definition) is 3. The number of benzene rings is 2. The maximum Gasteiger partial charge on any atom is 0.270 e. The van der Waals surface area contributed by atoms with Gasteiger partial charge in [0.2, 0.25) is 0 Å². The number of fused-ring (bicyclic) bond motifs is 1. The van der Waals surface area contributed by atoms with E-state index in [1.807, 2.05) is 61.3 Å². The van der Waals surface area contributed by atoms with Crippen LogP contribution in [0.3, 0.4) is 0 Å². The normalized spacial score (nSPS) is 17.3. The molecule has 2 aromatic carbocycles. The molecule has 0 radical (unpaired) electrons. The van der Waals surface area contributed by atoms with E-state index >= 15 is 0 Å². The van der Waals surface area contributed by atoms with Crippen molar-refractivity contribution in [3.8, 4) is 0 Å². The minimum atomic E-state index is -0.319. The Labute approximate surface area is 229 Å². The Morgan fingerprint density at radius 2 is 1.72 bits per heavy atom. The molecule has 2 amide bonds. The molecule has 4 aromatic rings. The van der Waals surface area contributed by atoms with Crippen molar-refractivity contribution in [2.45, 2.75) is 72.9 Å². The number of anilines is 1. The van der Waals surface area contributed by atoms with Crippen LogP contribution in [0.1, 0.15) is 86.6 Å². The molecule has 1 aliphatic carbocycles. The third kappa shape index (κ3) is 6.53. The number of aromatic nitrogens is 5.